The van der Waals surface area contributed by atoms with Crippen LogP contribution in [0.4, 0.5) is 0 Å². The van der Waals surface area contributed by atoms with Crippen LogP contribution in [0.5, 0.6) is 23.0 Å². The van der Waals surface area contributed by atoms with Gasteiger partial charge in [0.05, 0.1) is 0 Å². The zero-order chi connectivity index (χ0) is 15.1. The summed E-state index contributed by atoms with van der Waals surface area (Å²) in [6.45, 7) is 0. The number of aliphatic hydroxyl groups is 1. The molecule has 0 fully saturated rings. The molecule has 1 heterocycles. The normalized spacial score (nSPS) is 20.7. The number of hydrogen-bond donors (Lipinski definition) is 4. The first kappa shape index (κ1) is 13.3. The van der Waals surface area contributed by atoms with Gasteiger partial charge in [-0.2, -0.15) is 0 Å². The Morgan fingerprint density at radius 1 is 0.952 bits per heavy atom. The summed E-state index contributed by atoms with van der Waals surface area (Å²) in [5.74, 6) is -1.34. The number of ether oxygens (including phenoxy) is 1. The van der Waals surface area contributed by atoms with Crippen LogP contribution in [0, 0.1) is 0 Å². The highest BCUT2D eigenvalue weighted by Crippen LogP contribution is 2.41. The molecule has 0 radical (unpaired) electrons. The molecule has 0 amide bonds. The van der Waals surface area contributed by atoms with Gasteiger partial charge >= 0.3 is 0 Å². The predicted octanol–water partition coefficient (Wildman–Crippen LogP) is 1.48. The largest absolute Gasteiger partial charge is 0.508 e. The first-order chi connectivity index (χ1) is 9.97. The van der Waals surface area contributed by atoms with Crippen LogP contribution >= 0.6 is 0 Å². The number of aromatic hydroxyl groups is 3. The van der Waals surface area contributed by atoms with E-state index >= 15 is 0 Å². The third-order valence-electron chi connectivity index (χ3n) is 3.34. The Hall–Kier alpha value is -2.73. The molecule has 1 aliphatic rings. The number of ketones is 1. The number of phenolic OH excluding ortho intramolecular Hbond substituents is 3. The zero-order valence-corrected chi connectivity index (χ0v) is 10.7. The lowest BCUT2D eigenvalue weighted by Gasteiger charge is -2.30. The van der Waals surface area contributed by atoms with E-state index < -0.39 is 23.7 Å². The average Bonchev–Trinajstić information content (AvgIpc) is 2.43. The molecule has 4 N–H and O–H groups in total. The molecule has 0 aliphatic carbocycles. The SMILES string of the molecule is O=C1c2c(O)cc(O)cc2O[C@@H](c2ccc(O)cc2)[C@@H]1O. The Morgan fingerprint density at radius 2 is 1.62 bits per heavy atom. The fourth-order valence-corrected chi connectivity index (χ4v) is 2.33. The monoisotopic (exact) mass is 288 g/mol. The van der Waals surface area contributed by atoms with Crippen molar-refractivity contribution in [3.8, 4) is 23.0 Å². The van der Waals surface area contributed by atoms with Crippen LogP contribution < -0.4 is 4.74 Å². The number of phenols is 3. The van der Waals surface area contributed by atoms with Crippen LogP contribution in [0.3, 0.4) is 0 Å². The van der Waals surface area contributed by atoms with E-state index in [1.54, 1.807) is 0 Å². The van der Waals surface area contributed by atoms with Crippen molar-refractivity contribution >= 4 is 5.78 Å². The summed E-state index contributed by atoms with van der Waals surface area (Å²) in [7, 11) is 0. The summed E-state index contributed by atoms with van der Waals surface area (Å²) in [5, 5.41) is 38.5. The van der Waals surface area contributed by atoms with Crippen LogP contribution in [-0.4, -0.2) is 32.3 Å². The lowest BCUT2D eigenvalue weighted by atomic mass is 9.93. The Bertz CT molecular complexity index is 707. The van der Waals surface area contributed by atoms with E-state index in [1.165, 1.54) is 30.3 Å². The maximum atomic E-state index is 12.2. The number of carbonyl (C=O) groups excluding carboxylic acids is 1. The van der Waals surface area contributed by atoms with Crippen molar-refractivity contribution in [1.29, 1.82) is 0 Å². The van der Waals surface area contributed by atoms with Gasteiger partial charge in [0, 0.05) is 12.1 Å². The standard InChI is InChI=1S/C15H12O6/c16-8-3-1-7(2-4-8)15-14(20)13(19)12-10(18)5-9(17)6-11(12)21-15/h1-6,14-18,20H/t14-,15+/m1/s1. The first-order valence-electron chi connectivity index (χ1n) is 6.21. The molecule has 6 nitrogen and oxygen atoms in total. The van der Waals surface area contributed by atoms with E-state index in [4.69, 9.17) is 4.74 Å². The summed E-state index contributed by atoms with van der Waals surface area (Å²) in [6, 6.07) is 8.06. The Morgan fingerprint density at radius 3 is 2.29 bits per heavy atom. The molecule has 0 spiro atoms. The van der Waals surface area contributed by atoms with Crippen LogP contribution in [0.1, 0.15) is 22.0 Å². The molecule has 0 bridgehead atoms. The van der Waals surface area contributed by atoms with Gasteiger partial charge in [-0.15, -0.1) is 0 Å². The molecular weight excluding hydrogens is 276 g/mol. The molecule has 6 heteroatoms. The van der Waals surface area contributed by atoms with Gasteiger partial charge in [0.15, 0.2) is 12.2 Å². The predicted molar refractivity (Wildman–Crippen MR) is 71.6 cm³/mol. The minimum atomic E-state index is -1.49. The van der Waals surface area contributed by atoms with Crippen molar-refractivity contribution in [2.75, 3.05) is 0 Å². The molecular formula is C15H12O6. The van der Waals surface area contributed by atoms with Gasteiger partial charge in [-0.25, -0.2) is 0 Å². The van der Waals surface area contributed by atoms with E-state index in [9.17, 15) is 25.2 Å². The van der Waals surface area contributed by atoms with Crippen molar-refractivity contribution in [2.45, 2.75) is 12.2 Å². The fourth-order valence-electron chi connectivity index (χ4n) is 2.33. The number of rotatable bonds is 1. The van der Waals surface area contributed by atoms with Gasteiger partial charge in [0.1, 0.15) is 28.6 Å². The maximum absolute atomic E-state index is 12.2. The molecule has 2 aromatic carbocycles. The Kier molecular flexibility index (Phi) is 2.95. The summed E-state index contributed by atoms with van der Waals surface area (Å²) >= 11 is 0. The highest BCUT2D eigenvalue weighted by atomic mass is 16.5. The molecule has 2 atom stereocenters. The third kappa shape index (κ3) is 2.15. The number of hydrogen-bond acceptors (Lipinski definition) is 6. The minimum absolute atomic E-state index is 0.000810. The number of fused-ring (bicyclic) bond motifs is 1. The van der Waals surface area contributed by atoms with Gasteiger partial charge in [0.2, 0.25) is 5.78 Å². The van der Waals surface area contributed by atoms with Crippen molar-refractivity contribution < 1.29 is 30.0 Å². The highest BCUT2D eigenvalue weighted by molar-refractivity contribution is 6.05. The van der Waals surface area contributed by atoms with Gasteiger partial charge in [-0.1, -0.05) is 12.1 Å². The van der Waals surface area contributed by atoms with Gasteiger partial charge in [-0.3, -0.25) is 4.79 Å². The van der Waals surface area contributed by atoms with Crippen molar-refractivity contribution in [2.24, 2.45) is 0 Å². The summed E-state index contributed by atoms with van der Waals surface area (Å²) in [6.07, 6.45) is -2.47. The second-order valence-corrected chi connectivity index (χ2v) is 4.78. The van der Waals surface area contributed by atoms with E-state index in [0.29, 0.717) is 5.56 Å². The van der Waals surface area contributed by atoms with Crippen LogP contribution in [0.25, 0.3) is 0 Å². The molecule has 108 valence electrons. The quantitative estimate of drug-likeness (QED) is 0.633. The second-order valence-electron chi connectivity index (χ2n) is 4.78. The molecule has 0 saturated heterocycles. The average molecular weight is 288 g/mol. The van der Waals surface area contributed by atoms with Crippen LogP contribution in [-0.2, 0) is 0 Å². The molecule has 1 aliphatic heterocycles. The van der Waals surface area contributed by atoms with Crippen LogP contribution in [0.15, 0.2) is 36.4 Å². The number of Topliss-reactive ketones (excluding diaryl/α,β-unsaturated/α-hetero) is 1. The Balaban J connectivity index is 2.07. The summed E-state index contributed by atoms with van der Waals surface area (Å²) in [4.78, 5) is 12.2. The first-order valence-corrected chi connectivity index (χ1v) is 6.21. The van der Waals surface area contributed by atoms with Crippen molar-refractivity contribution in [3.05, 3.63) is 47.5 Å². The third-order valence-corrected chi connectivity index (χ3v) is 3.34. The number of benzene rings is 2. The van der Waals surface area contributed by atoms with Gasteiger partial charge in [0.25, 0.3) is 0 Å². The summed E-state index contributed by atoms with van der Waals surface area (Å²) < 4.78 is 5.53. The lowest BCUT2D eigenvalue weighted by Crippen LogP contribution is -2.36. The topological polar surface area (TPSA) is 107 Å². The highest BCUT2D eigenvalue weighted by Gasteiger charge is 2.39. The smallest absolute Gasteiger partial charge is 0.202 e. The van der Waals surface area contributed by atoms with E-state index in [2.05, 4.69) is 0 Å². The van der Waals surface area contributed by atoms with Gasteiger partial charge in [-0.05, 0) is 17.7 Å². The summed E-state index contributed by atoms with van der Waals surface area (Å²) in [5.41, 5.74) is 0.331. The minimum Gasteiger partial charge on any atom is -0.508 e. The van der Waals surface area contributed by atoms with Gasteiger partial charge < -0.3 is 25.2 Å². The number of carbonyl (C=O) groups is 1. The maximum Gasteiger partial charge on any atom is 0.202 e. The van der Waals surface area contributed by atoms with Crippen molar-refractivity contribution in [1.82, 2.24) is 0 Å². The molecule has 3 rings (SSSR count). The van der Waals surface area contributed by atoms with Crippen LogP contribution in [0.2, 0.25) is 0 Å². The van der Waals surface area contributed by atoms with E-state index in [1.807, 2.05) is 0 Å². The van der Waals surface area contributed by atoms with E-state index in [0.717, 1.165) is 6.07 Å². The molecule has 0 unspecified atom stereocenters. The Labute approximate surface area is 119 Å². The molecule has 0 saturated carbocycles. The molecule has 0 aromatic heterocycles. The van der Waals surface area contributed by atoms with Crippen molar-refractivity contribution in [3.63, 3.8) is 0 Å². The number of aliphatic hydroxyl groups excluding tert-OH is 1. The zero-order valence-electron chi connectivity index (χ0n) is 10.7. The van der Waals surface area contributed by atoms with E-state index in [-0.39, 0.29) is 22.8 Å². The fraction of sp³-hybridized carbons (Fsp3) is 0.133. The molecule has 2 aromatic rings. The lowest BCUT2D eigenvalue weighted by molar-refractivity contribution is 0.0210. The molecule has 21 heavy (non-hydrogen) atoms. The second kappa shape index (κ2) is 4.68.